The lowest BCUT2D eigenvalue weighted by Crippen LogP contribution is -2.64. The lowest BCUT2D eigenvalue weighted by Gasteiger charge is -2.66. The molecule has 1 aromatic rings. The Morgan fingerprint density at radius 1 is 1.13 bits per heavy atom. The van der Waals surface area contributed by atoms with Gasteiger partial charge in [0.25, 0.3) is 0 Å². The summed E-state index contributed by atoms with van der Waals surface area (Å²) in [7, 11) is 0. The number of hydrogen-bond donors (Lipinski definition) is 1. The average molecular weight is 443 g/mol. The summed E-state index contributed by atoms with van der Waals surface area (Å²) in [6.45, 7) is 9.06. The van der Waals surface area contributed by atoms with Gasteiger partial charge in [-0.05, 0) is 72.5 Å². The quantitative estimate of drug-likeness (QED) is 0.611. The maximum Gasteiger partial charge on any atom is 0.0842 e. The van der Waals surface area contributed by atoms with Crippen molar-refractivity contribution in [1.29, 1.82) is 0 Å². The average Bonchev–Trinajstić information content (AvgIpc) is 2.72. The number of benzene rings is 1. The molecular formula is C26H38N2S2. The predicted octanol–water partition coefficient (Wildman–Crippen LogP) is 5.64. The molecule has 4 saturated carbocycles. The van der Waals surface area contributed by atoms with Crippen molar-refractivity contribution in [2.24, 2.45) is 28.4 Å². The van der Waals surface area contributed by atoms with E-state index in [2.05, 4.69) is 67.8 Å². The SMILES string of the molecule is CCSC1C2CC3(C(=S)N4CC[C@H](N)C(C)(C)C4)CC1CC(c1ccccc1)(C2)C3. The van der Waals surface area contributed by atoms with Crippen molar-refractivity contribution >= 4 is 29.0 Å². The molecule has 4 aliphatic carbocycles. The van der Waals surface area contributed by atoms with Crippen LogP contribution in [0.15, 0.2) is 30.3 Å². The van der Waals surface area contributed by atoms with Crippen LogP contribution in [0.3, 0.4) is 0 Å². The van der Waals surface area contributed by atoms with Crippen LogP contribution in [0.25, 0.3) is 0 Å². The largest absolute Gasteiger partial charge is 0.365 e. The van der Waals surface area contributed by atoms with E-state index >= 15 is 0 Å². The predicted molar refractivity (Wildman–Crippen MR) is 133 cm³/mol. The molecule has 2 nitrogen and oxygen atoms in total. The topological polar surface area (TPSA) is 29.3 Å². The number of nitrogens with two attached hydrogens (primary N) is 1. The minimum atomic E-state index is 0.141. The lowest BCUT2D eigenvalue weighted by molar-refractivity contribution is -0.0351. The fourth-order valence-electron chi connectivity index (χ4n) is 7.83. The summed E-state index contributed by atoms with van der Waals surface area (Å²) in [5, 5.41) is 0.842. The van der Waals surface area contributed by atoms with Gasteiger partial charge in [-0.25, -0.2) is 0 Å². The fraction of sp³-hybridized carbons (Fsp3) is 0.731. The molecule has 2 unspecified atom stereocenters. The van der Waals surface area contributed by atoms with E-state index < -0.39 is 0 Å². The molecule has 0 aromatic heterocycles. The second-order valence-corrected chi connectivity index (χ2v) is 13.3. The molecule has 164 valence electrons. The van der Waals surface area contributed by atoms with Crippen molar-refractivity contribution in [3.05, 3.63) is 35.9 Å². The third kappa shape index (κ3) is 3.28. The lowest BCUT2D eigenvalue weighted by atomic mass is 9.42. The maximum atomic E-state index is 6.46. The Bertz CT molecular complexity index is 789. The molecular weight excluding hydrogens is 404 g/mol. The standard InChI is InChI=1S/C26H38N2S2/c1-4-30-22-18-12-25(20-8-6-5-7-9-20)13-19(22)15-26(14-18,16-25)23(29)28-11-10-21(27)24(2,3)17-28/h5-9,18-19,21-22H,4,10-17,27H2,1-3H3/t18?,19?,21-,22?,25?,26?/m0/s1. The first-order valence-electron chi connectivity index (χ1n) is 12.0. The van der Waals surface area contributed by atoms with Crippen LogP contribution in [-0.2, 0) is 5.41 Å². The van der Waals surface area contributed by atoms with Crippen LogP contribution in [0.5, 0.6) is 0 Å². The van der Waals surface area contributed by atoms with Crippen LogP contribution in [0.2, 0.25) is 0 Å². The van der Waals surface area contributed by atoms with E-state index in [4.69, 9.17) is 18.0 Å². The molecule has 1 heterocycles. The summed E-state index contributed by atoms with van der Waals surface area (Å²) in [5.74, 6) is 2.87. The van der Waals surface area contributed by atoms with Crippen LogP contribution < -0.4 is 5.73 Å². The van der Waals surface area contributed by atoms with Gasteiger partial charge < -0.3 is 10.6 Å². The number of piperidine rings is 1. The Kier molecular flexibility index (Phi) is 5.31. The second-order valence-electron chi connectivity index (χ2n) is 11.5. The number of thioether (sulfide) groups is 1. The van der Waals surface area contributed by atoms with Gasteiger partial charge in [0.15, 0.2) is 0 Å². The van der Waals surface area contributed by atoms with E-state index in [1.165, 1.54) is 42.8 Å². The van der Waals surface area contributed by atoms with Gasteiger partial charge in [-0.1, -0.05) is 63.3 Å². The highest BCUT2D eigenvalue weighted by Crippen LogP contribution is 2.68. The van der Waals surface area contributed by atoms with Crippen LogP contribution in [0, 0.1) is 22.7 Å². The first-order chi connectivity index (χ1) is 14.3. The van der Waals surface area contributed by atoms with Crippen LogP contribution in [0.4, 0.5) is 0 Å². The van der Waals surface area contributed by atoms with Gasteiger partial charge in [0.2, 0.25) is 0 Å². The second kappa shape index (κ2) is 7.49. The molecule has 4 heteroatoms. The van der Waals surface area contributed by atoms with E-state index in [-0.39, 0.29) is 16.9 Å². The van der Waals surface area contributed by atoms with E-state index in [9.17, 15) is 0 Å². The molecule has 2 N–H and O–H groups in total. The molecule has 1 saturated heterocycles. The molecule has 3 atom stereocenters. The normalized spacial score (nSPS) is 41.8. The minimum absolute atomic E-state index is 0.141. The maximum absolute atomic E-state index is 6.46. The van der Waals surface area contributed by atoms with Gasteiger partial charge >= 0.3 is 0 Å². The zero-order valence-corrected chi connectivity index (χ0v) is 20.5. The Morgan fingerprint density at radius 3 is 2.40 bits per heavy atom. The fourth-order valence-corrected chi connectivity index (χ4v) is 9.54. The molecule has 5 aliphatic rings. The van der Waals surface area contributed by atoms with Crippen molar-refractivity contribution in [2.45, 2.75) is 76.0 Å². The highest BCUT2D eigenvalue weighted by molar-refractivity contribution is 7.99. The van der Waals surface area contributed by atoms with Crippen molar-refractivity contribution in [3.8, 4) is 0 Å². The van der Waals surface area contributed by atoms with Gasteiger partial charge in [-0.3, -0.25) is 0 Å². The summed E-state index contributed by atoms with van der Waals surface area (Å²) < 4.78 is 0. The Hall–Kier alpha value is -0.580. The molecule has 6 rings (SSSR count). The van der Waals surface area contributed by atoms with Crippen molar-refractivity contribution in [1.82, 2.24) is 4.90 Å². The molecule has 30 heavy (non-hydrogen) atoms. The minimum Gasteiger partial charge on any atom is -0.365 e. The van der Waals surface area contributed by atoms with Gasteiger partial charge in [0.05, 0.1) is 4.99 Å². The van der Waals surface area contributed by atoms with Gasteiger partial charge in [-0.2, -0.15) is 11.8 Å². The molecule has 5 fully saturated rings. The number of hydrogen-bond acceptors (Lipinski definition) is 3. The number of rotatable bonds is 4. The summed E-state index contributed by atoms with van der Waals surface area (Å²) in [6.07, 6.45) is 7.70. The molecule has 0 spiro atoms. The van der Waals surface area contributed by atoms with Crippen LogP contribution in [0.1, 0.15) is 64.9 Å². The molecule has 1 aromatic carbocycles. The zero-order chi connectivity index (χ0) is 21.1. The Morgan fingerprint density at radius 2 is 1.80 bits per heavy atom. The van der Waals surface area contributed by atoms with Crippen LogP contribution in [-0.4, -0.2) is 40.0 Å². The van der Waals surface area contributed by atoms with Gasteiger partial charge in [0.1, 0.15) is 0 Å². The summed E-state index contributed by atoms with van der Waals surface area (Å²) in [5.41, 5.74) is 8.73. The molecule has 0 amide bonds. The number of likely N-dealkylation sites (tertiary alicyclic amines) is 1. The van der Waals surface area contributed by atoms with Crippen molar-refractivity contribution in [2.75, 3.05) is 18.8 Å². The van der Waals surface area contributed by atoms with E-state index in [0.717, 1.165) is 36.6 Å². The van der Waals surface area contributed by atoms with E-state index in [1.807, 2.05) is 0 Å². The Labute approximate surface area is 192 Å². The van der Waals surface area contributed by atoms with Crippen molar-refractivity contribution in [3.63, 3.8) is 0 Å². The monoisotopic (exact) mass is 442 g/mol. The van der Waals surface area contributed by atoms with Gasteiger partial charge in [0, 0.05) is 29.8 Å². The summed E-state index contributed by atoms with van der Waals surface area (Å²) in [4.78, 5) is 3.86. The third-order valence-corrected chi connectivity index (χ3v) is 11.2. The van der Waals surface area contributed by atoms with Crippen molar-refractivity contribution < 1.29 is 0 Å². The van der Waals surface area contributed by atoms with Crippen LogP contribution >= 0.6 is 24.0 Å². The first-order valence-corrected chi connectivity index (χ1v) is 13.5. The Balaban J connectivity index is 1.49. The third-order valence-electron chi connectivity index (χ3n) is 9.02. The summed E-state index contributed by atoms with van der Waals surface area (Å²) in [6, 6.07) is 11.7. The first kappa shape index (κ1) is 21.3. The highest BCUT2D eigenvalue weighted by Gasteiger charge is 2.63. The van der Waals surface area contributed by atoms with E-state index in [0.29, 0.717) is 5.41 Å². The highest BCUT2D eigenvalue weighted by atomic mass is 32.2. The van der Waals surface area contributed by atoms with Gasteiger partial charge in [-0.15, -0.1) is 0 Å². The summed E-state index contributed by atoms with van der Waals surface area (Å²) >= 11 is 8.62. The smallest absolute Gasteiger partial charge is 0.0842 e. The molecule has 4 bridgehead atoms. The molecule has 0 radical (unpaired) electrons. The molecule has 1 aliphatic heterocycles. The zero-order valence-electron chi connectivity index (χ0n) is 18.9. The number of thiocarbonyl (C=S) groups is 1. The van der Waals surface area contributed by atoms with E-state index in [1.54, 1.807) is 5.56 Å². The number of nitrogens with zero attached hydrogens (tertiary/aromatic N) is 1.